The van der Waals surface area contributed by atoms with Crippen LogP contribution in [0.15, 0.2) is 5.38 Å². The van der Waals surface area contributed by atoms with Crippen molar-refractivity contribution in [2.75, 3.05) is 20.1 Å². The number of rotatable bonds is 3. The van der Waals surface area contributed by atoms with E-state index in [9.17, 15) is 22.8 Å². The van der Waals surface area contributed by atoms with Crippen LogP contribution >= 0.6 is 11.3 Å². The van der Waals surface area contributed by atoms with Gasteiger partial charge in [0.25, 0.3) is 5.91 Å². The maximum Gasteiger partial charge on any atom is 0.418 e. The van der Waals surface area contributed by atoms with Crippen LogP contribution in [0.5, 0.6) is 5.88 Å². The van der Waals surface area contributed by atoms with E-state index in [1.54, 1.807) is 0 Å². The molecule has 0 aromatic carbocycles. The van der Waals surface area contributed by atoms with E-state index in [-0.39, 0.29) is 40.3 Å². The summed E-state index contributed by atoms with van der Waals surface area (Å²) in [6, 6.07) is 0. The number of thiophene rings is 1. The zero-order chi connectivity index (χ0) is 20.6. The maximum atomic E-state index is 13.7. The number of carbonyl (C=O) groups excluding carboxylic acids is 1. The normalized spacial score (nSPS) is 15.7. The Bertz CT molecular complexity index is 920. The zero-order valence-electron chi connectivity index (χ0n) is 15.1. The molecule has 0 unspecified atom stereocenters. The summed E-state index contributed by atoms with van der Waals surface area (Å²) in [5, 5.41) is 12.7. The Morgan fingerprint density at radius 3 is 2.54 bits per heavy atom. The molecule has 11 heteroatoms. The average Bonchev–Trinajstić information content (AvgIpc) is 3.03. The van der Waals surface area contributed by atoms with Crippen molar-refractivity contribution in [2.24, 2.45) is 0 Å². The fourth-order valence-electron chi connectivity index (χ4n) is 3.18. The Hall–Kier alpha value is -2.56. The second-order valence-corrected chi connectivity index (χ2v) is 7.29. The number of nitrogens with one attached hydrogen (secondary N) is 1. The summed E-state index contributed by atoms with van der Waals surface area (Å²) in [7, 11) is 1.39. The highest BCUT2D eigenvalue weighted by Gasteiger charge is 2.38. The minimum Gasteiger partial charge on any atom is -0.474 e. The van der Waals surface area contributed by atoms with Gasteiger partial charge in [0.1, 0.15) is 6.10 Å². The van der Waals surface area contributed by atoms with E-state index in [4.69, 9.17) is 9.84 Å². The number of likely N-dealkylation sites (tertiary alicyclic amines) is 1. The Labute approximate surface area is 162 Å². The van der Waals surface area contributed by atoms with Crippen LogP contribution in [0.3, 0.4) is 0 Å². The van der Waals surface area contributed by atoms with Gasteiger partial charge in [-0.25, -0.2) is 9.78 Å². The van der Waals surface area contributed by atoms with Gasteiger partial charge in [-0.05, 0) is 6.92 Å². The number of hydrogen-bond acceptors (Lipinski definition) is 5. The molecule has 0 bridgehead atoms. The van der Waals surface area contributed by atoms with E-state index < -0.39 is 29.8 Å². The number of nitrogens with zero attached hydrogens (tertiary/aromatic N) is 2. The highest BCUT2D eigenvalue weighted by Crippen LogP contribution is 2.43. The largest absolute Gasteiger partial charge is 0.474 e. The highest BCUT2D eigenvalue weighted by molar-refractivity contribution is 7.17. The van der Waals surface area contributed by atoms with Crippen LogP contribution in [0.1, 0.15) is 34.3 Å². The molecule has 3 rings (SSSR count). The predicted molar refractivity (Wildman–Crippen MR) is 96.0 cm³/mol. The van der Waals surface area contributed by atoms with Crippen molar-refractivity contribution in [3.63, 3.8) is 0 Å². The lowest BCUT2D eigenvalue weighted by Crippen LogP contribution is -2.41. The number of halogens is 3. The molecule has 7 nitrogen and oxygen atoms in total. The van der Waals surface area contributed by atoms with Crippen molar-refractivity contribution >= 4 is 33.6 Å². The number of amides is 2. The molecule has 2 amide bonds. The van der Waals surface area contributed by atoms with Gasteiger partial charge >= 0.3 is 12.3 Å². The van der Waals surface area contributed by atoms with E-state index in [2.05, 4.69) is 10.3 Å². The molecule has 2 N–H and O–H groups in total. The van der Waals surface area contributed by atoms with E-state index >= 15 is 0 Å². The molecule has 28 heavy (non-hydrogen) atoms. The number of carboxylic acid groups (broad SMARTS) is 1. The maximum absolute atomic E-state index is 13.7. The molecule has 1 saturated heterocycles. The lowest BCUT2D eigenvalue weighted by molar-refractivity contribution is -0.136. The first-order valence-electron chi connectivity index (χ1n) is 8.49. The van der Waals surface area contributed by atoms with Crippen LogP contribution in [-0.4, -0.2) is 53.2 Å². The van der Waals surface area contributed by atoms with E-state index in [0.717, 1.165) is 11.3 Å². The van der Waals surface area contributed by atoms with Gasteiger partial charge in [0, 0.05) is 43.9 Å². The second kappa shape index (κ2) is 7.46. The predicted octanol–water partition coefficient (Wildman–Crippen LogP) is 3.50. The molecule has 3 heterocycles. The molecular formula is C17H18F3N3O4S. The van der Waals surface area contributed by atoms with Gasteiger partial charge < -0.3 is 20.1 Å². The lowest BCUT2D eigenvalue weighted by atomic mass is 10.1. The summed E-state index contributed by atoms with van der Waals surface area (Å²) < 4.78 is 46.8. The Morgan fingerprint density at radius 2 is 2.00 bits per heavy atom. The summed E-state index contributed by atoms with van der Waals surface area (Å²) in [5.74, 6) is -0.714. The van der Waals surface area contributed by atoms with Crippen LogP contribution in [0.4, 0.5) is 18.0 Å². The number of carbonyl (C=O) groups is 2. The first kappa shape index (κ1) is 20.2. The number of piperidine rings is 1. The summed E-state index contributed by atoms with van der Waals surface area (Å²) in [6.45, 7) is 1.75. The van der Waals surface area contributed by atoms with Crippen LogP contribution in [0.2, 0.25) is 0 Å². The van der Waals surface area contributed by atoms with Gasteiger partial charge in [0.2, 0.25) is 5.88 Å². The minimum absolute atomic E-state index is 0.0542. The van der Waals surface area contributed by atoms with Crippen molar-refractivity contribution in [2.45, 2.75) is 32.0 Å². The van der Waals surface area contributed by atoms with Gasteiger partial charge in [-0.15, -0.1) is 11.3 Å². The number of fused-ring (bicyclic) bond motifs is 1. The van der Waals surface area contributed by atoms with Gasteiger partial charge in [0.05, 0.1) is 21.3 Å². The van der Waals surface area contributed by atoms with Crippen LogP contribution in [0, 0.1) is 6.92 Å². The van der Waals surface area contributed by atoms with Crippen LogP contribution in [0.25, 0.3) is 10.2 Å². The van der Waals surface area contributed by atoms with Crippen molar-refractivity contribution in [3.8, 4) is 5.88 Å². The van der Waals surface area contributed by atoms with E-state index in [1.165, 1.54) is 24.3 Å². The molecule has 0 saturated carbocycles. The van der Waals surface area contributed by atoms with E-state index in [0.29, 0.717) is 12.8 Å². The summed E-state index contributed by atoms with van der Waals surface area (Å²) >= 11 is 0.813. The molecule has 1 fully saturated rings. The summed E-state index contributed by atoms with van der Waals surface area (Å²) in [5.41, 5.74) is -1.01. The SMILES string of the molecule is CNC(=O)c1csc2c(C(F)(F)F)c(C)c(OC3CCN(C(=O)O)CC3)nc12. The fourth-order valence-corrected chi connectivity index (χ4v) is 4.29. The Balaban J connectivity index is 2.01. The molecule has 0 aliphatic carbocycles. The molecular weight excluding hydrogens is 399 g/mol. The number of alkyl halides is 3. The van der Waals surface area contributed by atoms with Crippen molar-refractivity contribution in [1.29, 1.82) is 0 Å². The van der Waals surface area contributed by atoms with Crippen LogP contribution in [-0.2, 0) is 6.18 Å². The van der Waals surface area contributed by atoms with Gasteiger partial charge in [-0.3, -0.25) is 4.79 Å². The molecule has 2 aromatic rings. The third-order valence-corrected chi connectivity index (χ3v) is 5.63. The van der Waals surface area contributed by atoms with Crippen molar-refractivity contribution < 1.29 is 32.6 Å². The molecule has 2 aromatic heterocycles. The van der Waals surface area contributed by atoms with Crippen molar-refractivity contribution in [3.05, 3.63) is 22.1 Å². The lowest BCUT2D eigenvalue weighted by Gasteiger charge is -2.30. The third-order valence-electron chi connectivity index (χ3n) is 4.65. The number of hydrogen-bond donors (Lipinski definition) is 2. The number of pyridine rings is 1. The van der Waals surface area contributed by atoms with Crippen molar-refractivity contribution in [1.82, 2.24) is 15.2 Å². The van der Waals surface area contributed by atoms with E-state index in [1.807, 2.05) is 0 Å². The molecule has 0 atom stereocenters. The first-order valence-corrected chi connectivity index (χ1v) is 9.37. The zero-order valence-corrected chi connectivity index (χ0v) is 15.9. The first-order chi connectivity index (χ1) is 13.1. The molecule has 152 valence electrons. The minimum atomic E-state index is -4.64. The fraction of sp³-hybridized carbons (Fsp3) is 0.471. The molecule has 0 spiro atoms. The van der Waals surface area contributed by atoms with Gasteiger partial charge in [-0.1, -0.05) is 0 Å². The number of ether oxygens (including phenoxy) is 1. The number of aromatic nitrogens is 1. The Morgan fingerprint density at radius 1 is 1.36 bits per heavy atom. The Kier molecular flexibility index (Phi) is 5.37. The standard InChI is InChI=1S/C17H18F3N3O4S/c1-8-11(17(18,19)20)13-12(10(7-28-13)14(24)21-2)22-15(8)27-9-3-5-23(6-4-9)16(25)26/h7,9H,3-6H2,1-2H3,(H,21,24)(H,25,26). The smallest absolute Gasteiger partial charge is 0.418 e. The second-order valence-electron chi connectivity index (χ2n) is 6.41. The van der Waals surface area contributed by atoms with Crippen LogP contribution < -0.4 is 10.1 Å². The summed E-state index contributed by atoms with van der Waals surface area (Å²) in [4.78, 5) is 28.4. The molecule has 1 aliphatic rings. The highest BCUT2D eigenvalue weighted by atomic mass is 32.1. The van der Waals surface area contributed by atoms with Gasteiger partial charge in [-0.2, -0.15) is 13.2 Å². The average molecular weight is 417 g/mol. The topological polar surface area (TPSA) is 91.8 Å². The quantitative estimate of drug-likeness (QED) is 0.798. The molecule has 1 aliphatic heterocycles. The summed E-state index contributed by atoms with van der Waals surface area (Å²) in [6.07, 6.45) is -5.44. The molecule has 0 radical (unpaired) electrons. The van der Waals surface area contributed by atoms with Gasteiger partial charge in [0.15, 0.2) is 0 Å². The third kappa shape index (κ3) is 3.71. The monoisotopic (exact) mass is 417 g/mol.